The van der Waals surface area contributed by atoms with Crippen molar-refractivity contribution in [2.75, 3.05) is 24.5 Å². The first-order valence-corrected chi connectivity index (χ1v) is 8.50. The van der Waals surface area contributed by atoms with Gasteiger partial charge in [0.2, 0.25) is 5.82 Å². The van der Waals surface area contributed by atoms with Crippen LogP contribution in [-0.4, -0.2) is 57.0 Å². The summed E-state index contributed by atoms with van der Waals surface area (Å²) in [6.45, 7) is 10.7. The van der Waals surface area contributed by atoms with E-state index in [2.05, 4.69) is 5.10 Å². The van der Waals surface area contributed by atoms with Crippen LogP contribution in [0.1, 0.15) is 40.3 Å². The maximum absolute atomic E-state index is 12.3. The number of nitro groups is 1. The highest BCUT2D eigenvalue weighted by atomic mass is 16.6. The maximum atomic E-state index is 12.3. The average molecular weight is 353 g/mol. The monoisotopic (exact) mass is 353 g/mol. The van der Waals surface area contributed by atoms with E-state index >= 15 is 0 Å². The van der Waals surface area contributed by atoms with Gasteiger partial charge in [0, 0.05) is 32.7 Å². The second kappa shape index (κ2) is 6.89. The Morgan fingerprint density at radius 2 is 2.04 bits per heavy atom. The molecule has 1 atom stereocenters. The van der Waals surface area contributed by atoms with Crippen molar-refractivity contribution in [3.05, 3.63) is 15.8 Å². The molecule has 0 N–H and O–H groups in total. The van der Waals surface area contributed by atoms with Crippen molar-refractivity contribution < 1.29 is 14.5 Å². The van der Waals surface area contributed by atoms with Crippen LogP contribution in [0.15, 0.2) is 0 Å². The zero-order chi connectivity index (χ0) is 18.9. The molecule has 1 amide bonds. The van der Waals surface area contributed by atoms with Crippen molar-refractivity contribution >= 4 is 17.6 Å². The molecule has 0 aliphatic carbocycles. The highest BCUT2D eigenvalue weighted by Gasteiger charge is 2.36. The number of anilines is 1. The lowest BCUT2D eigenvalue weighted by Crippen LogP contribution is -2.55. The molecule has 1 aromatic heterocycles. The van der Waals surface area contributed by atoms with E-state index in [0.29, 0.717) is 37.6 Å². The molecular weight excluding hydrogens is 326 g/mol. The molecule has 0 radical (unpaired) electrons. The van der Waals surface area contributed by atoms with E-state index in [-0.39, 0.29) is 22.7 Å². The SMILES string of the molecule is CCc1nn(C)c(N2CCN(C(=O)OC(C)(C)C)[C@H](C)C2)c1[N+](=O)[O-]. The number of piperazine rings is 1. The number of hydrogen-bond donors (Lipinski definition) is 0. The first kappa shape index (κ1) is 19.0. The van der Waals surface area contributed by atoms with E-state index < -0.39 is 5.60 Å². The molecule has 0 bridgehead atoms. The van der Waals surface area contributed by atoms with E-state index in [4.69, 9.17) is 4.74 Å². The molecule has 1 saturated heterocycles. The van der Waals surface area contributed by atoms with Gasteiger partial charge < -0.3 is 14.5 Å². The summed E-state index contributed by atoms with van der Waals surface area (Å²) in [4.78, 5) is 27.1. The van der Waals surface area contributed by atoms with Gasteiger partial charge in [0.05, 0.1) is 4.92 Å². The Morgan fingerprint density at radius 1 is 1.40 bits per heavy atom. The number of amides is 1. The summed E-state index contributed by atoms with van der Waals surface area (Å²) in [7, 11) is 1.71. The van der Waals surface area contributed by atoms with Crippen LogP contribution in [0.5, 0.6) is 0 Å². The molecule has 140 valence electrons. The third kappa shape index (κ3) is 4.02. The molecule has 0 unspecified atom stereocenters. The quantitative estimate of drug-likeness (QED) is 0.611. The fourth-order valence-electron chi connectivity index (χ4n) is 3.08. The predicted molar refractivity (Wildman–Crippen MR) is 93.9 cm³/mol. The molecular formula is C16H27N5O4. The van der Waals surface area contributed by atoms with Crippen molar-refractivity contribution in [3.8, 4) is 0 Å². The Kier molecular flexibility index (Phi) is 5.24. The zero-order valence-corrected chi connectivity index (χ0v) is 15.8. The molecule has 2 heterocycles. The van der Waals surface area contributed by atoms with Crippen molar-refractivity contribution in [2.45, 2.75) is 52.7 Å². The van der Waals surface area contributed by atoms with Crippen molar-refractivity contribution in [1.82, 2.24) is 14.7 Å². The molecule has 1 aliphatic rings. The van der Waals surface area contributed by atoms with Gasteiger partial charge in [-0.05, 0) is 34.1 Å². The molecule has 9 nitrogen and oxygen atoms in total. The summed E-state index contributed by atoms with van der Waals surface area (Å²) in [5, 5.41) is 15.8. The lowest BCUT2D eigenvalue weighted by Gasteiger charge is -2.40. The number of ether oxygens (including phenoxy) is 1. The third-order valence-corrected chi connectivity index (χ3v) is 4.13. The van der Waals surface area contributed by atoms with E-state index in [1.807, 2.05) is 39.5 Å². The average Bonchev–Trinajstić information content (AvgIpc) is 2.82. The summed E-state index contributed by atoms with van der Waals surface area (Å²) in [6.07, 6.45) is 0.144. The Labute approximate surface area is 147 Å². The van der Waals surface area contributed by atoms with Gasteiger partial charge in [-0.25, -0.2) is 9.48 Å². The van der Waals surface area contributed by atoms with E-state index in [9.17, 15) is 14.9 Å². The van der Waals surface area contributed by atoms with Crippen LogP contribution in [-0.2, 0) is 18.2 Å². The highest BCUT2D eigenvalue weighted by molar-refractivity contribution is 5.69. The van der Waals surface area contributed by atoms with Crippen molar-refractivity contribution in [3.63, 3.8) is 0 Å². The number of carbonyl (C=O) groups excluding carboxylic acids is 1. The lowest BCUT2D eigenvalue weighted by molar-refractivity contribution is -0.384. The van der Waals surface area contributed by atoms with Crippen LogP contribution < -0.4 is 4.90 Å². The summed E-state index contributed by atoms with van der Waals surface area (Å²) >= 11 is 0. The number of aryl methyl sites for hydroxylation is 2. The zero-order valence-electron chi connectivity index (χ0n) is 15.8. The molecule has 25 heavy (non-hydrogen) atoms. The minimum Gasteiger partial charge on any atom is -0.444 e. The van der Waals surface area contributed by atoms with Gasteiger partial charge in [-0.15, -0.1) is 0 Å². The summed E-state index contributed by atoms with van der Waals surface area (Å²) < 4.78 is 7.00. The van der Waals surface area contributed by atoms with Gasteiger partial charge in [-0.3, -0.25) is 10.1 Å². The molecule has 1 aliphatic heterocycles. The first-order valence-electron chi connectivity index (χ1n) is 8.50. The summed E-state index contributed by atoms with van der Waals surface area (Å²) in [5.41, 5.74) is -0.0159. The van der Waals surface area contributed by atoms with Crippen molar-refractivity contribution in [1.29, 1.82) is 0 Å². The third-order valence-electron chi connectivity index (χ3n) is 4.13. The van der Waals surface area contributed by atoms with Crippen LogP contribution >= 0.6 is 0 Å². The molecule has 1 aromatic rings. The Bertz CT molecular complexity index is 664. The molecule has 9 heteroatoms. The van der Waals surface area contributed by atoms with Gasteiger partial charge >= 0.3 is 11.8 Å². The fraction of sp³-hybridized carbons (Fsp3) is 0.750. The minimum absolute atomic E-state index is 0.0583. The molecule has 0 aromatic carbocycles. The van der Waals surface area contributed by atoms with Crippen LogP contribution in [0.4, 0.5) is 16.3 Å². The van der Waals surface area contributed by atoms with Gasteiger partial charge in [-0.1, -0.05) is 6.92 Å². The minimum atomic E-state index is -0.551. The predicted octanol–water partition coefficient (Wildman–Crippen LogP) is 2.34. The maximum Gasteiger partial charge on any atom is 0.410 e. The molecule has 2 rings (SSSR count). The summed E-state index contributed by atoms with van der Waals surface area (Å²) in [6, 6.07) is -0.122. The van der Waals surface area contributed by atoms with Crippen LogP contribution in [0.2, 0.25) is 0 Å². The van der Waals surface area contributed by atoms with Crippen LogP contribution in [0.25, 0.3) is 0 Å². The standard InChI is InChI=1S/C16H27N5O4/c1-7-12-13(21(23)24)14(18(6)17-12)19-8-9-20(11(2)10-19)15(22)25-16(3,4)5/h11H,7-10H2,1-6H3/t11-/m1/s1. The Hall–Kier alpha value is -2.32. The first-order chi connectivity index (χ1) is 11.5. The van der Waals surface area contributed by atoms with Gasteiger partial charge in [0.15, 0.2) is 0 Å². The lowest BCUT2D eigenvalue weighted by atomic mass is 10.2. The summed E-state index contributed by atoms with van der Waals surface area (Å²) in [5.74, 6) is 0.498. The number of aromatic nitrogens is 2. The number of rotatable bonds is 3. The second-order valence-corrected chi connectivity index (χ2v) is 7.32. The van der Waals surface area contributed by atoms with Gasteiger partial charge in [0.1, 0.15) is 11.3 Å². The van der Waals surface area contributed by atoms with E-state index in [1.54, 1.807) is 16.6 Å². The van der Waals surface area contributed by atoms with Crippen molar-refractivity contribution in [2.24, 2.45) is 7.05 Å². The number of nitrogens with zero attached hydrogens (tertiary/aromatic N) is 5. The molecule has 1 fully saturated rings. The van der Waals surface area contributed by atoms with Gasteiger partial charge in [-0.2, -0.15) is 5.10 Å². The van der Waals surface area contributed by atoms with Crippen LogP contribution in [0.3, 0.4) is 0 Å². The molecule has 0 spiro atoms. The normalized spacial score (nSPS) is 18.4. The van der Waals surface area contributed by atoms with Gasteiger partial charge in [0.25, 0.3) is 0 Å². The molecule has 0 saturated carbocycles. The van der Waals surface area contributed by atoms with E-state index in [0.717, 1.165) is 0 Å². The Morgan fingerprint density at radius 3 is 2.52 bits per heavy atom. The second-order valence-electron chi connectivity index (χ2n) is 7.32. The van der Waals surface area contributed by atoms with E-state index in [1.165, 1.54) is 0 Å². The van der Waals surface area contributed by atoms with Crippen LogP contribution in [0, 0.1) is 10.1 Å². The largest absolute Gasteiger partial charge is 0.444 e. The number of carbonyl (C=O) groups is 1. The number of hydrogen-bond acceptors (Lipinski definition) is 6. The topological polar surface area (TPSA) is 93.7 Å². The highest BCUT2D eigenvalue weighted by Crippen LogP contribution is 2.33. The Balaban J connectivity index is 2.20. The fourth-order valence-corrected chi connectivity index (χ4v) is 3.08. The smallest absolute Gasteiger partial charge is 0.410 e.